The normalized spacial score (nSPS) is 21.4. The number of hydrogen-bond acceptors (Lipinski definition) is 6. The van der Waals surface area contributed by atoms with E-state index in [0.29, 0.717) is 10.6 Å². The van der Waals surface area contributed by atoms with E-state index in [4.69, 9.17) is 17.3 Å². The molecule has 0 saturated carbocycles. The SMILES string of the molecule is Cc1cc(Cl)cnc1C(=O)Cc1cnc(F)c([C@]2(CF)C[C@@H](C(F)(F)F)OC(N)=N2)c1. The smallest absolute Gasteiger partial charge is 0.425 e. The first-order valence-electron chi connectivity index (χ1n) is 8.90. The standard InChI is InChI=1S/C19H16ClF5N4O2/c1-9-2-11(20)7-27-15(9)13(30)4-10-3-12(16(22)28-6-10)18(8-21)5-14(19(23,24)25)31-17(26)29-18/h2-3,6-7,14H,4-5,8H2,1H3,(H2,26,29)/t14-,18+/m0/s1. The zero-order valence-electron chi connectivity index (χ0n) is 16.0. The second-order valence-electron chi connectivity index (χ2n) is 7.07. The first-order valence-corrected chi connectivity index (χ1v) is 9.28. The van der Waals surface area contributed by atoms with E-state index in [1.54, 1.807) is 6.92 Å². The van der Waals surface area contributed by atoms with Gasteiger partial charge in [-0.15, -0.1) is 0 Å². The first-order chi connectivity index (χ1) is 14.4. The first kappa shape index (κ1) is 22.9. The maximum Gasteiger partial charge on any atom is 0.425 e. The van der Waals surface area contributed by atoms with Crippen molar-refractivity contribution in [3.8, 4) is 0 Å². The van der Waals surface area contributed by atoms with E-state index in [1.807, 2.05) is 0 Å². The molecule has 2 aromatic heterocycles. The van der Waals surface area contributed by atoms with Gasteiger partial charge in [-0.2, -0.15) is 17.6 Å². The fourth-order valence-corrected chi connectivity index (χ4v) is 3.51. The van der Waals surface area contributed by atoms with Crippen LogP contribution in [0.25, 0.3) is 0 Å². The minimum Gasteiger partial charge on any atom is -0.452 e. The fraction of sp³-hybridized carbons (Fsp3) is 0.368. The fourth-order valence-electron chi connectivity index (χ4n) is 3.30. The molecule has 0 saturated heterocycles. The number of nitrogens with two attached hydrogens (primary N) is 1. The number of Topliss-reactive ketones (excluding diaryl/α,β-unsaturated/α-hetero) is 1. The summed E-state index contributed by atoms with van der Waals surface area (Å²) in [5, 5.41) is 0.332. The second-order valence-corrected chi connectivity index (χ2v) is 7.50. The monoisotopic (exact) mass is 462 g/mol. The Labute approximate surface area is 178 Å². The van der Waals surface area contributed by atoms with Crippen molar-refractivity contribution < 1.29 is 31.5 Å². The number of aryl methyl sites for hydroxylation is 1. The van der Waals surface area contributed by atoms with Gasteiger partial charge in [0.05, 0.1) is 5.02 Å². The maximum absolute atomic E-state index is 14.5. The Morgan fingerprint density at radius 3 is 2.65 bits per heavy atom. The molecule has 0 bridgehead atoms. The van der Waals surface area contributed by atoms with Crippen molar-refractivity contribution in [1.29, 1.82) is 0 Å². The lowest BCUT2D eigenvalue weighted by Gasteiger charge is -2.36. The molecule has 2 aromatic rings. The van der Waals surface area contributed by atoms with Crippen LogP contribution in [0, 0.1) is 12.9 Å². The van der Waals surface area contributed by atoms with Crippen molar-refractivity contribution in [2.45, 2.75) is 37.6 Å². The van der Waals surface area contributed by atoms with Gasteiger partial charge in [-0.3, -0.25) is 9.78 Å². The molecular weight excluding hydrogens is 447 g/mol. The molecule has 0 aromatic carbocycles. The number of pyridine rings is 2. The number of carbonyl (C=O) groups excluding carboxylic acids is 1. The molecule has 12 heteroatoms. The topological polar surface area (TPSA) is 90.5 Å². The van der Waals surface area contributed by atoms with Gasteiger partial charge in [0.25, 0.3) is 6.02 Å². The van der Waals surface area contributed by atoms with Crippen LogP contribution >= 0.6 is 11.6 Å². The van der Waals surface area contributed by atoms with Crippen molar-refractivity contribution >= 4 is 23.4 Å². The van der Waals surface area contributed by atoms with Gasteiger partial charge in [-0.25, -0.2) is 14.4 Å². The van der Waals surface area contributed by atoms with Crippen LogP contribution in [0.5, 0.6) is 0 Å². The van der Waals surface area contributed by atoms with E-state index in [9.17, 15) is 26.7 Å². The van der Waals surface area contributed by atoms with Gasteiger partial charge in [0, 0.05) is 30.8 Å². The molecule has 0 unspecified atom stereocenters. The average Bonchev–Trinajstić information content (AvgIpc) is 2.68. The molecule has 6 nitrogen and oxygen atoms in total. The van der Waals surface area contributed by atoms with Crippen LogP contribution in [-0.4, -0.2) is 40.7 Å². The van der Waals surface area contributed by atoms with Crippen LogP contribution in [0.15, 0.2) is 29.5 Å². The van der Waals surface area contributed by atoms with Crippen molar-refractivity contribution in [3.63, 3.8) is 0 Å². The number of rotatable bonds is 5. The van der Waals surface area contributed by atoms with Gasteiger partial charge < -0.3 is 10.5 Å². The lowest BCUT2D eigenvalue weighted by atomic mass is 9.85. The number of ether oxygens (including phenoxy) is 1. The highest BCUT2D eigenvalue weighted by Crippen LogP contribution is 2.41. The number of aliphatic imine (C=N–C) groups is 1. The second kappa shape index (κ2) is 8.37. The number of halogens is 6. The summed E-state index contributed by atoms with van der Waals surface area (Å²) in [5.41, 5.74) is 3.22. The Morgan fingerprint density at radius 1 is 1.32 bits per heavy atom. The van der Waals surface area contributed by atoms with Crippen molar-refractivity contribution in [2.24, 2.45) is 10.7 Å². The van der Waals surface area contributed by atoms with Crippen LogP contribution in [0.2, 0.25) is 5.02 Å². The van der Waals surface area contributed by atoms with Gasteiger partial charge in [-0.05, 0) is 30.2 Å². The summed E-state index contributed by atoms with van der Waals surface area (Å²) in [5.74, 6) is -1.69. The summed E-state index contributed by atoms with van der Waals surface area (Å²) in [6.07, 6.45) is -6.40. The summed E-state index contributed by atoms with van der Waals surface area (Å²) in [6, 6.07) is 1.67. The third-order valence-corrected chi connectivity index (χ3v) is 4.97. The Bertz CT molecular complexity index is 1050. The molecule has 166 valence electrons. The molecule has 0 spiro atoms. The summed E-state index contributed by atoms with van der Waals surface area (Å²) < 4.78 is 72.5. The number of carbonyl (C=O) groups is 1. The zero-order valence-corrected chi connectivity index (χ0v) is 16.8. The molecule has 3 rings (SSSR count). The molecule has 2 N–H and O–H groups in total. The zero-order chi connectivity index (χ0) is 23.0. The van der Waals surface area contributed by atoms with Gasteiger partial charge in [0.15, 0.2) is 11.9 Å². The van der Waals surface area contributed by atoms with Crippen LogP contribution in [-0.2, 0) is 16.7 Å². The molecule has 1 aliphatic rings. The van der Waals surface area contributed by atoms with E-state index in [0.717, 1.165) is 12.3 Å². The lowest BCUT2D eigenvalue weighted by molar-refractivity contribution is -0.209. The van der Waals surface area contributed by atoms with E-state index in [2.05, 4.69) is 19.7 Å². The molecule has 3 heterocycles. The third-order valence-electron chi connectivity index (χ3n) is 4.77. The minimum absolute atomic E-state index is 0.112. The summed E-state index contributed by atoms with van der Waals surface area (Å²) in [7, 11) is 0. The quantitative estimate of drug-likeness (QED) is 0.414. The Morgan fingerprint density at radius 2 is 2.03 bits per heavy atom. The highest BCUT2D eigenvalue weighted by atomic mass is 35.5. The van der Waals surface area contributed by atoms with Crippen molar-refractivity contribution in [1.82, 2.24) is 9.97 Å². The van der Waals surface area contributed by atoms with Gasteiger partial charge in [0.1, 0.15) is 17.9 Å². The summed E-state index contributed by atoms with van der Waals surface area (Å²) in [6.45, 7) is 0.132. The molecule has 0 radical (unpaired) electrons. The third kappa shape index (κ3) is 4.76. The maximum atomic E-state index is 14.5. The van der Waals surface area contributed by atoms with Crippen LogP contribution in [0.3, 0.4) is 0 Å². The Balaban J connectivity index is 1.98. The summed E-state index contributed by atoms with van der Waals surface area (Å²) >= 11 is 5.82. The highest BCUT2D eigenvalue weighted by molar-refractivity contribution is 6.30. The molecule has 1 aliphatic heterocycles. The van der Waals surface area contributed by atoms with Crippen LogP contribution in [0.1, 0.15) is 33.6 Å². The molecule has 0 fully saturated rings. The average molecular weight is 463 g/mol. The van der Waals surface area contributed by atoms with E-state index in [-0.39, 0.29) is 17.7 Å². The molecule has 31 heavy (non-hydrogen) atoms. The number of ketones is 1. The number of hydrogen-bond donors (Lipinski definition) is 1. The minimum atomic E-state index is -4.88. The van der Waals surface area contributed by atoms with E-state index < -0.39 is 54.2 Å². The molecule has 2 atom stereocenters. The van der Waals surface area contributed by atoms with Gasteiger partial charge in [0.2, 0.25) is 5.95 Å². The lowest BCUT2D eigenvalue weighted by Crippen LogP contribution is -2.48. The predicted molar refractivity (Wildman–Crippen MR) is 101 cm³/mol. The largest absolute Gasteiger partial charge is 0.452 e. The number of nitrogens with zero attached hydrogens (tertiary/aromatic N) is 3. The number of amidine groups is 1. The molecule has 0 amide bonds. The molecule has 0 aliphatic carbocycles. The Kier molecular flexibility index (Phi) is 6.17. The van der Waals surface area contributed by atoms with Crippen molar-refractivity contribution in [3.05, 3.63) is 57.9 Å². The molecular formula is C19H16ClF5N4O2. The van der Waals surface area contributed by atoms with Crippen molar-refractivity contribution in [2.75, 3.05) is 6.67 Å². The summed E-state index contributed by atoms with van der Waals surface area (Å²) in [4.78, 5) is 23.7. The van der Waals surface area contributed by atoms with E-state index >= 15 is 0 Å². The number of aromatic nitrogens is 2. The Hall–Kier alpha value is -2.82. The number of alkyl halides is 4. The van der Waals surface area contributed by atoms with Gasteiger partial charge >= 0.3 is 6.18 Å². The van der Waals surface area contributed by atoms with E-state index in [1.165, 1.54) is 12.3 Å². The van der Waals surface area contributed by atoms with Crippen LogP contribution < -0.4 is 5.73 Å². The van der Waals surface area contributed by atoms with Gasteiger partial charge in [-0.1, -0.05) is 11.6 Å². The van der Waals surface area contributed by atoms with Crippen LogP contribution in [0.4, 0.5) is 22.0 Å². The highest BCUT2D eigenvalue weighted by Gasteiger charge is 2.52. The predicted octanol–water partition coefficient (Wildman–Crippen LogP) is 3.83.